The van der Waals surface area contributed by atoms with Gasteiger partial charge in [-0.15, -0.1) is 6.58 Å². The molecule has 0 radical (unpaired) electrons. The van der Waals surface area contributed by atoms with E-state index < -0.39 is 11.6 Å². The average molecular weight is 266 g/mol. The number of nitrogens with zero attached hydrogens (tertiary/aromatic N) is 1. The fourth-order valence-electron chi connectivity index (χ4n) is 1.46. The molecule has 0 bridgehead atoms. The van der Waals surface area contributed by atoms with Gasteiger partial charge in [-0.2, -0.15) is 5.26 Å². The summed E-state index contributed by atoms with van der Waals surface area (Å²) in [6.45, 7) is 5.18. The van der Waals surface area contributed by atoms with Crippen molar-refractivity contribution in [1.29, 1.82) is 5.26 Å². The van der Waals surface area contributed by atoms with Crippen LogP contribution in [0.3, 0.4) is 0 Å². The van der Waals surface area contributed by atoms with E-state index in [9.17, 15) is 8.78 Å². The molecule has 1 aromatic rings. The molecule has 0 aromatic heterocycles. The lowest BCUT2D eigenvalue weighted by atomic mass is 10.1. The Hall–Kier alpha value is -1.77. The van der Waals surface area contributed by atoms with Crippen LogP contribution in [-0.4, -0.2) is 19.8 Å². The molecule has 0 aliphatic carbocycles. The Bertz CT molecular complexity index is 446. The summed E-state index contributed by atoms with van der Waals surface area (Å²) in [5.41, 5.74) is -0.0865. The van der Waals surface area contributed by atoms with Gasteiger partial charge in [-0.3, -0.25) is 0 Å². The molecule has 0 amide bonds. The van der Waals surface area contributed by atoms with Crippen LogP contribution in [0.2, 0.25) is 0 Å². The minimum atomic E-state index is -0.711. The zero-order valence-electron chi connectivity index (χ0n) is 10.6. The van der Waals surface area contributed by atoms with Gasteiger partial charge in [0.1, 0.15) is 11.6 Å². The molecule has 0 aliphatic rings. The number of nitriles is 1. The lowest BCUT2D eigenvalue weighted by molar-refractivity contribution is 0.140. The first-order chi connectivity index (χ1) is 9.19. The Morgan fingerprint density at radius 2 is 2.00 bits per heavy atom. The van der Waals surface area contributed by atoms with E-state index >= 15 is 0 Å². The third-order valence-electron chi connectivity index (χ3n) is 2.46. The van der Waals surface area contributed by atoms with Crippen LogP contribution >= 0.6 is 0 Å². The molecule has 0 unspecified atom stereocenters. The van der Waals surface area contributed by atoms with Gasteiger partial charge in [0.25, 0.3) is 0 Å². The van der Waals surface area contributed by atoms with Gasteiger partial charge in [0.15, 0.2) is 0 Å². The summed E-state index contributed by atoms with van der Waals surface area (Å²) < 4.78 is 32.2. The maximum atomic E-state index is 13.5. The minimum Gasteiger partial charge on any atom is -0.380 e. The van der Waals surface area contributed by atoms with Crippen molar-refractivity contribution in [2.24, 2.45) is 0 Å². The maximum Gasteiger partial charge on any atom is 0.131 e. The first kappa shape index (κ1) is 15.3. The second kappa shape index (κ2) is 8.35. The molecule has 5 heteroatoms. The van der Waals surface area contributed by atoms with Crippen molar-refractivity contribution in [3.05, 3.63) is 47.5 Å². The van der Waals surface area contributed by atoms with Crippen LogP contribution in [0.5, 0.6) is 0 Å². The quantitative estimate of drug-likeness (QED) is 0.581. The van der Waals surface area contributed by atoms with E-state index in [1.807, 2.05) is 0 Å². The third kappa shape index (κ3) is 5.16. The first-order valence-corrected chi connectivity index (χ1v) is 5.96. The Morgan fingerprint density at radius 3 is 2.58 bits per heavy atom. The number of hydrogen-bond acceptors (Lipinski definition) is 3. The SMILES string of the molecule is C=CCCOCCNCc1c(F)cc(C#N)cc1F. The van der Waals surface area contributed by atoms with E-state index in [-0.39, 0.29) is 17.7 Å². The van der Waals surface area contributed by atoms with E-state index in [1.165, 1.54) is 0 Å². The van der Waals surface area contributed by atoms with E-state index in [4.69, 9.17) is 10.00 Å². The Labute approximate surface area is 111 Å². The van der Waals surface area contributed by atoms with Crippen molar-refractivity contribution < 1.29 is 13.5 Å². The van der Waals surface area contributed by atoms with Crippen LogP contribution in [0, 0.1) is 23.0 Å². The number of benzene rings is 1. The fraction of sp³-hybridized carbons (Fsp3) is 0.357. The van der Waals surface area contributed by atoms with Gasteiger partial charge in [-0.05, 0) is 18.6 Å². The summed E-state index contributed by atoms with van der Waals surface area (Å²) in [7, 11) is 0. The van der Waals surface area contributed by atoms with E-state index in [0.717, 1.165) is 18.6 Å². The Balaban J connectivity index is 2.37. The molecule has 1 rings (SSSR count). The lowest BCUT2D eigenvalue weighted by Crippen LogP contribution is -2.21. The molecule has 0 atom stereocenters. The Morgan fingerprint density at radius 1 is 1.32 bits per heavy atom. The molecule has 1 N–H and O–H groups in total. The molecule has 102 valence electrons. The van der Waals surface area contributed by atoms with Crippen LogP contribution in [0.4, 0.5) is 8.78 Å². The topological polar surface area (TPSA) is 45.0 Å². The van der Waals surface area contributed by atoms with Crippen molar-refractivity contribution in [2.45, 2.75) is 13.0 Å². The van der Waals surface area contributed by atoms with E-state index in [1.54, 1.807) is 12.1 Å². The van der Waals surface area contributed by atoms with Crippen LogP contribution in [0.1, 0.15) is 17.5 Å². The number of hydrogen-bond donors (Lipinski definition) is 1. The highest BCUT2D eigenvalue weighted by Gasteiger charge is 2.10. The van der Waals surface area contributed by atoms with Crippen LogP contribution in [0.15, 0.2) is 24.8 Å². The van der Waals surface area contributed by atoms with E-state index in [2.05, 4.69) is 11.9 Å². The zero-order chi connectivity index (χ0) is 14.1. The van der Waals surface area contributed by atoms with Crippen molar-refractivity contribution in [1.82, 2.24) is 5.32 Å². The predicted molar refractivity (Wildman–Crippen MR) is 68.4 cm³/mol. The molecule has 0 saturated heterocycles. The lowest BCUT2D eigenvalue weighted by Gasteiger charge is -2.08. The summed E-state index contributed by atoms with van der Waals surface area (Å²) in [5, 5.41) is 11.5. The first-order valence-electron chi connectivity index (χ1n) is 5.96. The monoisotopic (exact) mass is 266 g/mol. The smallest absolute Gasteiger partial charge is 0.131 e. The largest absolute Gasteiger partial charge is 0.380 e. The molecule has 0 aliphatic heterocycles. The van der Waals surface area contributed by atoms with Crippen molar-refractivity contribution in [3.63, 3.8) is 0 Å². The molecule has 19 heavy (non-hydrogen) atoms. The maximum absolute atomic E-state index is 13.5. The van der Waals surface area contributed by atoms with Crippen molar-refractivity contribution in [3.8, 4) is 6.07 Å². The molecule has 0 spiro atoms. The summed E-state index contributed by atoms with van der Waals surface area (Å²) in [5.74, 6) is -1.42. The van der Waals surface area contributed by atoms with Crippen molar-refractivity contribution >= 4 is 0 Å². The molecule has 3 nitrogen and oxygen atoms in total. The Kier molecular flexibility index (Phi) is 6.72. The second-order valence-electron chi connectivity index (χ2n) is 3.90. The van der Waals surface area contributed by atoms with Gasteiger partial charge in [0.2, 0.25) is 0 Å². The highest BCUT2D eigenvalue weighted by Crippen LogP contribution is 2.14. The standard InChI is InChI=1S/C14H16F2N2O/c1-2-3-5-19-6-4-18-10-12-13(15)7-11(9-17)8-14(12)16/h2,7-8,18H,1,3-6,10H2. The van der Waals surface area contributed by atoms with Crippen molar-refractivity contribution in [2.75, 3.05) is 19.8 Å². The van der Waals surface area contributed by atoms with Gasteiger partial charge in [-0.1, -0.05) is 6.08 Å². The molecule has 0 fully saturated rings. The van der Waals surface area contributed by atoms with Gasteiger partial charge >= 0.3 is 0 Å². The highest BCUT2D eigenvalue weighted by molar-refractivity contribution is 5.34. The van der Waals surface area contributed by atoms with Gasteiger partial charge in [0, 0.05) is 18.7 Å². The summed E-state index contributed by atoms with van der Waals surface area (Å²) in [4.78, 5) is 0. The normalized spacial score (nSPS) is 10.2. The van der Waals surface area contributed by atoms with Gasteiger partial charge in [-0.25, -0.2) is 8.78 Å². The highest BCUT2D eigenvalue weighted by atomic mass is 19.1. The minimum absolute atomic E-state index is 0.0218. The number of halogens is 2. The molecule has 1 aromatic carbocycles. The average Bonchev–Trinajstić information content (AvgIpc) is 2.40. The van der Waals surface area contributed by atoms with Crippen LogP contribution in [-0.2, 0) is 11.3 Å². The zero-order valence-corrected chi connectivity index (χ0v) is 10.6. The van der Waals surface area contributed by atoms with Crippen LogP contribution in [0.25, 0.3) is 0 Å². The summed E-state index contributed by atoms with van der Waals surface area (Å²) in [6, 6.07) is 3.76. The summed E-state index contributed by atoms with van der Waals surface area (Å²) in [6.07, 6.45) is 2.54. The number of rotatable bonds is 8. The molecular formula is C14H16F2N2O. The van der Waals surface area contributed by atoms with Gasteiger partial charge < -0.3 is 10.1 Å². The third-order valence-corrected chi connectivity index (χ3v) is 2.46. The van der Waals surface area contributed by atoms with E-state index in [0.29, 0.717) is 19.8 Å². The molecular weight excluding hydrogens is 250 g/mol. The van der Waals surface area contributed by atoms with Gasteiger partial charge in [0.05, 0.1) is 24.8 Å². The second-order valence-corrected chi connectivity index (χ2v) is 3.90. The number of ether oxygens (including phenoxy) is 1. The molecule has 0 saturated carbocycles. The summed E-state index contributed by atoms with van der Waals surface area (Å²) >= 11 is 0. The predicted octanol–water partition coefficient (Wildman–Crippen LogP) is 2.52. The number of nitrogens with one attached hydrogen (secondary N) is 1. The van der Waals surface area contributed by atoms with Crippen LogP contribution < -0.4 is 5.32 Å². The molecule has 0 heterocycles. The fourth-order valence-corrected chi connectivity index (χ4v) is 1.46.